The molecule has 0 radical (unpaired) electrons. The Bertz CT molecular complexity index is 1100. The first-order valence-electron chi connectivity index (χ1n) is 9.92. The minimum Gasteiger partial charge on any atom is -0.493 e. The molecule has 0 saturated heterocycles. The molecule has 29 heavy (non-hydrogen) atoms. The Morgan fingerprint density at radius 3 is 2.66 bits per heavy atom. The van der Waals surface area contributed by atoms with Crippen molar-refractivity contribution >= 4 is 28.5 Å². The lowest BCUT2D eigenvalue weighted by Crippen LogP contribution is -2.31. The maximum atomic E-state index is 12.2. The Labute approximate surface area is 170 Å². The van der Waals surface area contributed by atoms with Gasteiger partial charge in [-0.3, -0.25) is 4.90 Å². The predicted octanol–water partition coefficient (Wildman–Crippen LogP) is 4.71. The number of nitrogens with zero attached hydrogens (tertiary/aromatic N) is 2. The zero-order valence-corrected chi connectivity index (χ0v) is 16.7. The van der Waals surface area contributed by atoms with Crippen LogP contribution in [-0.4, -0.2) is 40.7 Å². The molecule has 0 spiro atoms. The molecule has 0 unspecified atom stereocenters. The van der Waals surface area contributed by atoms with Crippen LogP contribution in [0.1, 0.15) is 41.0 Å². The van der Waals surface area contributed by atoms with Gasteiger partial charge in [-0.15, -0.1) is 0 Å². The van der Waals surface area contributed by atoms with Crippen LogP contribution in [0.25, 0.3) is 22.6 Å². The minimum absolute atomic E-state index is 0.354. The van der Waals surface area contributed by atoms with Crippen molar-refractivity contribution in [2.24, 2.45) is 0 Å². The maximum absolute atomic E-state index is 12.2. The molecule has 1 N–H and O–H groups in total. The molecule has 1 aromatic heterocycles. The zero-order valence-electron chi connectivity index (χ0n) is 16.7. The van der Waals surface area contributed by atoms with Gasteiger partial charge in [0.25, 0.3) is 0 Å². The van der Waals surface area contributed by atoms with E-state index >= 15 is 0 Å². The molecule has 0 aliphatic carbocycles. The molecule has 3 aromatic rings. The molecule has 148 valence electrons. The molecular formula is C24H24N2O3. The smallest absolute Gasteiger partial charge is 0.336 e. The number of hydrogen-bond acceptors (Lipinski definition) is 4. The van der Waals surface area contributed by atoms with E-state index < -0.39 is 5.97 Å². The summed E-state index contributed by atoms with van der Waals surface area (Å²) in [4.78, 5) is 19.3. The summed E-state index contributed by atoms with van der Waals surface area (Å²) in [7, 11) is 0. The van der Waals surface area contributed by atoms with Crippen LogP contribution < -0.4 is 4.74 Å². The fraction of sp³-hybridized carbons (Fsp3) is 0.250. The van der Waals surface area contributed by atoms with Crippen LogP contribution in [0, 0.1) is 0 Å². The number of para-hydroxylation sites is 2. The van der Waals surface area contributed by atoms with Crippen LogP contribution in [-0.2, 0) is 6.54 Å². The average molecular weight is 388 g/mol. The third kappa shape index (κ3) is 3.61. The number of aromatic carboxylic acids is 1. The third-order valence-electron chi connectivity index (χ3n) is 5.28. The van der Waals surface area contributed by atoms with E-state index in [-0.39, 0.29) is 0 Å². The molecule has 1 aliphatic heterocycles. The number of carboxylic acids is 1. The summed E-state index contributed by atoms with van der Waals surface area (Å²) in [6.07, 6.45) is 2.08. The van der Waals surface area contributed by atoms with Gasteiger partial charge in [0.1, 0.15) is 5.75 Å². The highest BCUT2D eigenvalue weighted by atomic mass is 16.5. The van der Waals surface area contributed by atoms with E-state index in [2.05, 4.69) is 17.9 Å². The number of aromatic nitrogens is 1. The first-order chi connectivity index (χ1) is 14.1. The molecule has 0 atom stereocenters. The fourth-order valence-corrected chi connectivity index (χ4v) is 3.92. The number of carbonyl (C=O) groups is 1. The lowest BCUT2D eigenvalue weighted by molar-refractivity contribution is 0.0696. The van der Waals surface area contributed by atoms with Gasteiger partial charge in [0.05, 0.1) is 23.4 Å². The lowest BCUT2D eigenvalue weighted by atomic mass is 9.92. The molecule has 5 nitrogen and oxygen atoms in total. The van der Waals surface area contributed by atoms with Crippen molar-refractivity contribution in [2.45, 2.75) is 20.4 Å². The highest BCUT2D eigenvalue weighted by Crippen LogP contribution is 2.35. The monoisotopic (exact) mass is 388 g/mol. The van der Waals surface area contributed by atoms with Gasteiger partial charge in [-0.2, -0.15) is 0 Å². The van der Waals surface area contributed by atoms with Crippen molar-refractivity contribution in [3.8, 4) is 5.75 Å². The topological polar surface area (TPSA) is 62.7 Å². The molecule has 0 amide bonds. The molecule has 0 bridgehead atoms. The van der Waals surface area contributed by atoms with E-state index in [0.717, 1.165) is 34.7 Å². The Balaban J connectivity index is 1.96. The molecular weight excluding hydrogens is 364 g/mol. The molecule has 0 fully saturated rings. The van der Waals surface area contributed by atoms with E-state index in [1.165, 1.54) is 0 Å². The quantitative estimate of drug-likeness (QED) is 0.686. The van der Waals surface area contributed by atoms with E-state index in [0.29, 0.717) is 36.2 Å². The highest BCUT2D eigenvalue weighted by Gasteiger charge is 2.28. The van der Waals surface area contributed by atoms with Crippen molar-refractivity contribution in [1.82, 2.24) is 9.88 Å². The fourth-order valence-electron chi connectivity index (χ4n) is 3.92. The van der Waals surface area contributed by atoms with Gasteiger partial charge < -0.3 is 9.84 Å². The number of likely N-dealkylation sites (N-methyl/N-ethyl adjacent to an activating group) is 1. The number of ether oxygens (including phenoxy) is 1. The van der Waals surface area contributed by atoms with Crippen LogP contribution in [0.15, 0.2) is 48.5 Å². The lowest BCUT2D eigenvalue weighted by Gasteiger charge is -2.30. The molecule has 0 saturated carbocycles. The molecule has 2 heterocycles. The summed E-state index contributed by atoms with van der Waals surface area (Å²) in [5.41, 5.74) is 4.60. The van der Waals surface area contributed by atoms with Gasteiger partial charge >= 0.3 is 5.97 Å². The number of fused-ring (bicyclic) bond motifs is 2. The largest absolute Gasteiger partial charge is 0.493 e. The SMILES string of the molecule is CCOc1ccccc1C=C1CN(CC)Cc2c1nc1ccccc1c2C(=O)O. The average Bonchev–Trinajstić information content (AvgIpc) is 2.73. The van der Waals surface area contributed by atoms with Crippen LogP contribution in [0.2, 0.25) is 0 Å². The second kappa shape index (κ2) is 8.05. The molecule has 2 aromatic carbocycles. The van der Waals surface area contributed by atoms with E-state index in [1.807, 2.05) is 55.5 Å². The first-order valence-corrected chi connectivity index (χ1v) is 9.92. The second-order valence-corrected chi connectivity index (χ2v) is 7.08. The summed E-state index contributed by atoms with van der Waals surface area (Å²) in [6.45, 7) is 6.76. The Hall–Kier alpha value is -3.18. The summed E-state index contributed by atoms with van der Waals surface area (Å²) >= 11 is 0. The molecule has 1 aliphatic rings. The van der Waals surface area contributed by atoms with Gasteiger partial charge in [0, 0.05) is 29.6 Å². The second-order valence-electron chi connectivity index (χ2n) is 7.08. The number of carboxylic acid groups (broad SMARTS) is 1. The summed E-state index contributed by atoms with van der Waals surface area (Å²) in [5, 5.41) is 10.7. The summed E-state index contributed by atoms with van der Waals surface area (Å²) in [5.74, 6) is -0.0937. The van der Waals surface area contributed by atoms with Crippen LogP contribution in [0.5, 0.6) is 5.75 Å². The summed E-state index contributed by atoms with van der Waals surface area (Å²) < 4.78 is 5.78. The van der Waals surface area contributed by atoms with Crippen LogP contribution in [0.3, 0.4) is 0 Å². The van der Waals surface area contributed by atoms with Gasteiger partial charge in [-0.05, 0) is 37.3 Å². The van der Waals surface area contributed by atoms with Crippen molar-refractivity contribution in [3.05, 3.63) is 70.9 Å². The Kier molecular flexibility index (Phi) is 5.32. The minimum atomic E-state index is -0.910. The molecule has 5 heteroatoms. The van der Waals surface area contributed by atoms with Crippen LogP contribution >= 0.6 is 0 Å². The number of pyridine rings is 1. The number of benzene rings is 2. The van der Waals surface area contributed by atoms with Gasteiger partial charge in [-0.25, -0.2) is 9.78 Å². The van der Waals surface area contributed by atoms with Gasteiger partial charge in [0.15, 0.2) is 0 Å². The van der Waals surface area contributed by atoms with Crippen molar-refractivity contribution in [2.75, 3.05) is 19.7 Å². The normalized spacial score (nSPS) is 15.4. The number of rotatable bonds is 5. The highest BCUT2D eigenvalue weighted by molar-refractivity contribution is 6.06. The van der Waals surface area contributed by atoms with Gasteiger partial charge in [0.2, 0.25) is 0 Å². The number of hydrogen-bond donors (Lipinski definition) is 1. The third-order valence-corrected chi connectivity index (χ3v) is 5.28. The van der Waals surface area contributed by atoms with Crippen molar-refractivity contribution < 1.29 is 14.6 Å². The van der Waals surface area contributed by atoms with E-state index in [4.69, 9.17) is 9.72 Å². The maximum Gasteiger partial charge on any atom is 0.336 e. The van der Waals surface area contributed by atoms with E-state index in [9.17, 15) is 9.90 Å². The molecule has 4 rings (SSSR count). The Morgan fingerprint density at radius 1 is 1.14 bits per heavy atom. The zero-order chi connectivity index (χ0) is 20.4. The first kappa shape index (κ1) is 19.2. The summed E-state index contributed by atoms with van der Waals surface area (Å²) in [6, 6.07) is 15.4. The van der Waals surface area contributed by atoms with Crippen LogP contribution in [0.4, 0.5) is 0 Å². The Morgan fingerprint density at radius 2 is 1.90 bits per heavy atom. The van der Waals surface area contributed by atoms with Crippen molar-refractivity contribution in [3.63, 3.8) is 0 Å². The predicted molar refractivity (Wildman–Crippen MR) is 115 cm³/mol. The van der Waals surface area contributed by atoms with E-state index in [1.54, 1.807) is 0 Å². The van der Waals surface area contributed by atoms with Crippen molar-refractivity contribution in [1.29, 1.82) is 0 Å². The standard InChI is InChI=1S/C24H24N2O3/c1-3-26-14-17(13-16-9-5-8-12-21(16)29-4-2)23-19(15-26)22(24(27)28)18-10-6-7-11-20(18)25-23/h5-13H,3-4,14-15H2,1-2H3,(H,27,28). The van der Waals surface area contributed by atoms with Gasteiger partial charge in [-0.1, -0.05) is 43.3 Å².